The number of hydrogen-bond donors (Lipinski definition) is 3. The van der Waals surface area contributed by atoms with Gasteiger partial charge in [0, 0.05) is 12.2 Å². The molecule has 25 heavy (non-hydrogen) atoms. The molecular formula is C18H26ClN3O3. The van der Waals surface area contributed by atoms with Gasteiger partial charge >= 0.3 is 0 Å². The second-order valence-corrected chi connectivity index (χ2v) is 6.77. The number of hydrogen-bond acceptors (Lipinski definition) is 4. The quantitative estimate of drug-likeness (QED) is 0.717. The predicted octanol–water partition coefficient (Wildman–Crippen LogP) is 2.08. The van der Waals surface area contributed by atoms with Crippen LogP contribution in [0.25, 0.3) is 0 Å². The molecule has 1 aromatic carbocycles. The van der Waals surface area contributed by atoms with Crippen LogP contribution >= 0.6 is 12.4 Å². The molecule has 1 saturated carbocycles. The number of benzene rings is 1. The molecule has 0 aromatic heterocycles. The lowest BCUT2D eigenvalue weighted by molar-refractivity contribution is -0.128. The van der Waals surface area contributed by atoms with Gasteiger partial charge < -0.3 is 21.1 Å². The Morgan fingerprint density at radius 1 is 1.28 bits per heavy atom. The van der Waals surface area contributed by atoms with Crippen LogP contribution in [0.3, 0.4) is 0 Å². The standard InChI is InChI=1S/C18H25N3O3.ClH/c19-16(22)8-10-24-15-6-4-14(5-7-15)21-17(23)18-9-2-1-3-13(18)11-20-12-18;/h4-7,13,20H,1-3,8-12H2,(H2,19,22)(H,21,23);1H/t13-,18+;/m0./s1. The summed E-state index contributed by atoms with van der Waals surface area (Å²) in [6, 6.07) is 7.24. The Kier molecular flexibility index (Phi) is 6.67. The molecule has 1 aromatic rings. The first-order valence-electron chi connectivity index (χ1n) is 8.63. The van der Waals surface area contributed by atoms with E-state index in [-0.39, 0.29) is 42.7 Å². The molecule has 2 fully saturated rings. The summed E-state index contributed by atoms with van der Waals surface area (Å²) < 4.78 is 5.44. The van der Waals surface area contributed by atoms with Crippen molar-refractivity contribution in [3.8, 4) is 5.75 Å². The molecule has 1 aliphatic carbocycles. The smallest absolute Gasteiger partial charge is 0.232 e. The number of carbonyl (C=O) groups is 2. The summed E-state index contributed by atoms with van der Waals surface area (Å²) in [5, 5.41) is 6.46. The van der Waals surface area contributed by atoms with E-state index in [2.05, 4.69) is 10.6 Å². The zero-order valence-electron chi connectivity index (χ0n) is 14.3. The molecule has 3 rings (SSSR count). The first-order valence-corrected chi connectivity index (χ1v) is 8.63. The molecule has 6 nitrogen and oxygen atoms in total. The number of amides is 2. The van der Waals surface area contributed by atoms with Crippen molar-refractivity contribution in [3.63, 3.8) is 0 Å². The van der Waals surface area contributed by atoms with Gasteiger partial charge in [0.15, 0.2) is 0 Å². The van der Waals surface area contributed by atoms with Crippen LogP contribution in [-0.4, -0.2) is 31.5 Å². The van der Waals surface area contributed by atoms with Crippen molar-refractivity contribution in [3.05, 3.63) is 24.3 Å². The van der Waals surface area contributed by atoms with E-state index < -0.39 is 0 Å². The Hall–Kier alpha value is -1.79. The average molecular weight is 368 g/mol. The van der Waals surface area contributed by atoms with Gasteiger partial charge in [-0.15, -0.1) is 12.4 Å². The highest BCUT2D eigenvalue weighted by Gasteiger charge is 2.49. The molecule has 1 aliphatic heterocycles. The Bertz CT molecular complexity index is 608. The van der Waals surface area contributed by atoms with E-state index in [1.807, 2.05) is 12.1 Å². The second-order valence-electron chi connectivity index (χ2n) is 6.77. The van der Waals surface area contributed by atoms with Gasteiger partial charge in [-0.25, -0.2) is 0 Å². The maximum atomic E-state index is 12.9. The van der Waals surface area contributed by atoms with Crippen molar-refractivity contribution >= 4 is 29.9 Å². The molecule has 2 atom stereocenters. The summed E-state index contributed by atoms with van der Waals surface area (Å²) in [5.74, 6) is 0.845. The van der Waals surface area contributed by atoms with Crippen LogP contribution in [0.15, 0.2) is 24.3 Å². The number of halogens is 1. The number of fused-ring (bicyclic) bond motifs is 1. The number of nitrogens with two attached hydrogens (primary N) is 1. The van der Waals surface area contributed by atoms with Crippen molar-refractivity contribution in [2.75, 3.05) is 25.0 Å². The SMILES string of the molecule is Cl.NC(=O)CCOc1ccc(NC(=O)[C@@]23CCCC[C@H]2CNC3)cc1. The van der Waals surface area contributed by atoms with Crippen LogP contribution in [0.1, 0.15) is 32.1 Å². The lowest BCUT2D eigenvalue weighted by Gasteiger charge is -2.37. The van der Waals surface area contributed by atoms with Crippen molar-refractivity contribution in [2.45, 2.75) is 32.1 Å². The van der Waals surface area contributed by atoms with Crippen molar-refractivity contribution in [2.24, 2.45) is 17.1 Å². The second kappa shape index (κ2) is 8.54. The number of primary amides is 1. The minimum absolute atomic E-state index is 0. The van der Waals surface area contributed by atoms with Gasteiger partial charge in [0.1, 0.15) is 5.75 Å². The summed E-state index contributed by atoms with van der Waals surface area (Å²) in [7, 11) is 0. The van der Waals surface area contributed by atoms with Gasteiger partial charge in [-0.05, 0) is 49.6 Å². The first kappa shape index (κ1) is 19.5. The van der Waals surface area contributed by atoms with Crippen molar-refractivity contribution in [1.82, 2.24) is 5.32 Å². The van der Waals surface area contributed by atoms with E-state index in [1.165, 1.54) is 6.42 Å². The van der Waals surface area contributed by atoms with Gasteiger partial charge in [0.05, 0.1) is 18.4 Å². The van der Waals surface area contributed by atoms with Crippen molar-refractivity contribution in [1.29, 1.82) is 0 Å². The van der Waals surface area contributed by atoms with Crippen LogP contribution in [0.4, 0.5) is 5.69 Å². The number of ether oxygens (including phenoxy) is 1. The fourth-order valence-corrected chi connectivity index (χ4v) is 3.85. The molecule has 0 unspecified atom stereocenters. The molecule has 1 saturated heterocycles. The number of nitrogens with one attached hydrogen (secondary N) is 2. The average Bonchev–Trinajstić information content (AvgIpc) is 3.01. The molecular weight excluding hydrogens is 342 g/mol. The lowest BCUT2D eigenvalue weighted by Crippen LogP contribution is -2.44. The fourth-order valence-electron chi connectivity index (χ4n) is 3.85. The van der Waals surface area contributed by atoms with E-state index in [1.54, 1.807) is 12.1 Å². The molecule has 2 aliphatic rings. The Labute approximate surface area is 154 Å². The van der Waals surface area contributed by atoms with Gasteiger partial charge in [0.2, 0.25) is 11.8 Å². The topological polar surface area (TPSA) is 93.5 Å². The summed E-state index contributed by atoms with van der Waals surface area (Å²) >= 11 is 0. The van der Waals surface area contributed by atoms with Crippen LogP contribution < -0.4 is 21.1 Å². The predicted molar refractivity (Wildman–Crippen MR) is 98.9 cm³/mol. The molecule has 7 heteroatoms. The van der Waals surface area contributed by atoms with E-state index >= 15 is 0 Å². The maximum Gasteiger partial charge on any atom is 0.232 e. The molecule has 0 spiro atoms. The molecule has 0 bridgehead atoms. The fraction of sp³-hybridized carbons (Fsp3) is 0.556. The summed E-state index contributed by atoms with van der Waals surface area (Å²) in [6.45, 7) is 1.98. The third-order valence-electron chi connectivity index (χ3n) is 5.22. The number of carbonyl (C=O) groups excluding carboxylic acids is 2. The number of anilines is 1. The van der Waals surface area contributed by atoms with Crippen LogP contribution in [-0.2, 0) is 9.59 Å². The summed E-state index contributed by atoms with van der Waals surface area (Å²) in [4.78, 5) is 23.6. The third-order valence-corrected chi connectivity index (χ3v) is 5.22. The molecule has 1 heterocycles. The van der Waals surface area contributed by atoms with Crippen LogP contribution in [0, 0.1) is 11.3 Å². The van der Waals surface area contributed by atoms with Gasteiger partial charge in [-0.1, -0.05) is 12.8 Å². The monoisotopic (exact) mass is 367 g/mol. The van der Waals surface area contributed by atoms with Crippen LogP contribution in [0.2, 0.25) is 0 Å². The largest absolute Gasteiger partial charge is 0.493 e. The molecule has 4 N–H and O–H groups in total. The molecule has 2 amide bonds. The third kappa shape index (κ3) is 4.44. The normalized spacial score (nSPS) is 24.7. The highest BCUT2D eigenvalue weighted by atomic mass is 35.5. The van der Waals surface area contributed by atoms with Gasteiger partial charge in [0.25, 0.3) is 0 Å². The maximum absolute atomic E-state index is 12.9. The Morgan fingerprint density at radius 2 is 2.04 bits per heavy atom. The van der Waals surface area contributed by atoms with Gasteiger partial charge in [-0.2, -0.15) is 0 Å². The Balaban J connectivity index is 0.00000225. The summed E-state index contributed by atoms with van der Waals surface area (Å²) in [5.41, 5.74) is 5.59. The zero-order valence-corrected chi connectivity index (χ0v) is 15.1. The zero-order chi connectivity index (χ0) is 17.0. The lowest BCUT2D eigenvalue weighted by atomic mass is 9.67. The Morgan fingerprint density at radius 3 is 2.76 bits per heavy atom. The molecule has 0 radical (unpaired) electrons. The molecule has 138 valence electrons. The van der Waals surface area contributed by atoms with E-state index in [0.717, 1.165) is 38.0 Å². The number of rotatable bonds is 6. The van der Waals surface area contributed by atoms with E-state index in [9.17, 15) is 9.59 Å². The minimum atomic E-state index is -0.384. The highest BCUT2D eigenvalue weighted by molar-refractivity contribution is 5.96. The first-order chi connectivity index (χ1) is 11.6. The summed E-state index contributed by atoms with van der Waals surface area (Å²) in [6.07, 6.45) is 4.63. The van der Waals surface area contributed by atoms with E-state index in [0.29, 0.717) is 11.7 Å². The minimum Gasteiger partial charge on any atom is -0.493 e. The van der Waals surface area contributed by atoms with Gasteiger partial charge in [-0.3, -0.25) is 9.59 Å². The highest BCUT2D eigenvalue weighted by Crippen LogP contribution is 2.44. The van der Waals surface area contributed by atoms with E-state index in [4.69, 9.17) is 10.5 Å². The van der Waals surface area contributed by atoms with Crippen LogP contribution in [0.5, 0.6) is 5.75 Å². The van der Waals surface area contributed by atoms with Crippen molar-refractivity contribution < 1.29 is 14.3 Å².